The van der Waals surface area contributed by atoms with E-state index in [4.69, 9.17) is 19.3 Å². The van der Waals surface area contributed by atoms with Gasteiger partial charge < -0.3 is 19.1 Å². The Balaban J connectivity index is 2.41. The molecular weight excluding hydrogens is 327 g/mol. The van der Waals surface area contributed by atoms with Crippen LogP contribution >= 0.6 is 7.82 Å². The van der Waals surface area contributed by atoms with Gasteiger partial charge in [0.2, 0.25) is 0 Å². The molecule has 0 amide bonds. The number of hydrogen-bond donors (Lipinski definition) is 3. The van der Waals surface area contributed by atoms with Crippen molar-refractivity contribution in [3.63, 3.8) is 0 Å². The number of hydrogen-bond acceptors (Lipinski definition) is 6. The summed E-state index contributed by atoms with van der Waals surface area (Å²) < 4.78 is 24.9. The van der Waals surface area contributed by atoms with Crippen LogP contribution in [0.3, 0.4) is 0 Å². The first kappa shape index (κ1) is 19.6. The van der Waals surface area contributed by atoms with Crippen LogP contribution in [-0.4, -0.2) is 33.9 Å². The zero-order valence-electron chi connectivity index (χ0n) is 13.1. The highest BCUT2D eigenvalue weighted by Crippen LogP contribution is 2.37. The average molecular weight is 348 g/mol. The Labute approximate surface area is 134 Å². The molecule has 1 aromatic rings. The van der Waals surface area contributed by atoms with Gasteiger partial charge in [0.05, 0.1) is 5.41 Å². The normalized spacial score (nSPS) is 13.5. The molecule has 1 atom stereocenters. The van der Waals surface area contributed by atoms with E-state index in [2.05, 4.69) is 4.52 Å². The molecule has 1 aromatic carbocycles. The van der Waals surface area contributed by atoms with Crippen molar-refractivity contribution in [2.45, 2.75) is 33.5 Å². The van der Waals surface area contributed by atoms with Crippen LogP contribution in [0.5, 0.6) is 5.75 Å². The van der Waals surface area contributed by atoms with Crippen LogP contribution in [0.2, 0.25) is 0 Å². The second kappa shape index (κ2) is 7.90. The number of aliphatic hydroxyl groups excluding tert-OH is 1. The topological polar surface area (TPSA) is 123 Å². The van der Waals surface area contributed by atoms with Gasteiger partial charge in [-0.15, -0.1) is 0 Å². The number of ether oxygens (including phenoxy) is 2. The highest BCUT2D eigenvalue weighted by atomic mass is 31.2. The second-order valence-electron chi connectivity index (χ2n) is 5.85. The zero-order chi connectivity index (χ0) is 17.7. The Hall–Kier alpha value is -1.44. The Kier molecular flexibility index (Phi) is 6.73. The number of rotatable bonds is 7. The number of aliphatic hydroxyl groups is 1. The van der Waals surface area contributed by atoms with Gasteiger partial charge in [-0.25, -0.2) is 4.57 Å². The smallest absolute Gasteiger partial charge is 0.438 e. The molecular formula is C14H21O8P. The third kappa shape index (κ3) is 8.11. The van der Waals surface area contributed by atoms with Gasteiger partial charge in [-0.2, -0.15) is 0 Å². The van der Waals surface area contributed by atoms with Gasteiger partial charge in [0.25, 0.3) is 0 Å². The minimum absolute atomic E-state index is 0.0107. The first-order chi connectivity index (χ1) is 10.5. The van der Waals surface area contributed by atoms with Gasteiger partial charge in [-0.1, -0.05) is 12.1 Å². The van der Waals surface area contributed by atoms with Gasteiger partial charge in [0.15, 0.2) is 13.1 Å². The Morgan fingerprint density at radius 3 is 2.26 bits per heavy atom. The van der Waals surface area contributed by atoms with E-state index in [1.165, 1.54) is 24.3 Å². The molecule has 0 saturated carbocycles. The van der Waals surface area contributed by atoms with Crippen LogP contribution in [0, 0.1) is 5.41 Å². The fourth-order valence-electron chi connectivity index (χ4n) is 1.47. The van der Waals surface area contributed by atoms with E-state index < -0.39 is 25.5 Å². The SMILES string of the molecule is CC(C)(C)C(=O)OCOC(O)Cc1ccc(OP(=O)(O)O)cc1. The lowest BCUT2D eigenvalue weighted by Gasteiger charge is -2.18. The molecule has 23 heavy (non-hydrogen) atoms. The van der Waals surface area contributed by atoms with Crippen molar-refractivity contribution in [2.24, 2.45) is 5.41 Å². The maximum Gasteiger partial charge on any atom is 0.524 e. The first-order valence-corrected chi connectivity index (χ1v) is 8.31. The van der Waals surface area contributed by atoms with Crippen molar-refractivity contribution >= 4 is 13.8 Å². The van der Waals surface area contributed by atoms with Gasteiger partial charge >= 0.3 is 13.8 Å². The molecule has 0 aromatic heterocycles. The van der Waals surface area contributed by atoms with E-state index in [1.807, 2.05) is 0 Å². The number of carbonyl (C=O) groups excluding carboxylic acids is 1. The molecule has 1 rings (SSSR count). The monoisotopic (exact) mass is 348 g/mol. The third-order valence-corrected chi connectivity index (χ3v) is 3.07. The lowest BCUT2D eigenvalue weighted by molar-refractivity contribution is -0.190. The highest BCUT2D eigenvalue weighted by Gasteiger charge is 2.23. The number of phosphoric ester groups is 1. The van der Waals surface area contributed by atoms with E-state index in [0.29, 0.717) is 5.56 Å². The molecule has 0 spiro atoms. The Morgan fingerprint density at radius 1 is 1.22 bits per heavy atom. The summed E-state index contributed by atoms with van der Waals surface area (Å²) in [7, 11) is -4.59. The maximum atomic E-state index is 11.5. The van der Waals surface area contributed by atoms with E-state index in [9.17, 15) is 14.5 Å². The van der Waals surface area contributed by atoms with Gasteiger partial charge in [0.1, 0.15) is 5.75 Å². The van der Waals surface area contributed by atoms with E-state index in [-0.39, 0.29) is 19.0 Å². The van der Waals surface area contributed by atoms with Crippen LogP contribution < -0.4 is 4.52 Å². The number of carbonyl (C=O) groups is 1. The molecule has 8 nitrogen and oxygen atoms in total. The summed E-state index contributed by atoms with van der Waals surface area (Å²) in [6.07, 6.45) is -1.07. The molecule has 9 heteroatoms. The van der Waals surface area contributed by atoms with Crippen molar-refractivity contribution in [3.8, 4) is 5.75 Å². The van der Waals surface area contributed by atoms with Gasteiger partial charge in [-0.3, -0.25) is 14.6 Å². The van der Waals surface area contributed by atoms with Gasteiger partial charge in [-0.05, 0) is 38.5 Å². The molecule has 0 radical (unpaired) electrons. The molecule has 0 fully saturated rings. The van der Waals surface area contributed by atoms with Crippen molar-refractivity contribution in [1.82, 2.24) is 0 Å². The third-order valence-electron chi connectivity index (χ3n) is 2.62. The predicted octanol–water partition coefficient (Wildman–Crippen LogP) is 1.58. The lowest BCUT2D eigenvalue weighted by Crippen LogP contribution is -2.26. The first-order valence-electron chi connectivity index (χ1n) is 6.78. The van der Waals surface area contributed by atoms with Crippen molar-refractivity contribution in [1.29, 1.82) is 0 Å². The number of benzene rings is 1. The van der Waals surface area contributed by atoms with Crippen molar-refractivity contribution < 1.29 is 38.3 Å². The van der Waals surface area contributed by atoms with Crippen LogP contribution in [0.25, 0.3) is 0 Å². The molecule has 3 N–H and O–H groups in total. The van der Waals surface area contributed by atoms with Crippen LogP contribution in [0.1, 0.15) is 26.3 Å². The summed E-state index contributed by atoms with van der Waals surface area (Å²) in [5, 5.41) is 9.70. The predicted molar refractivity (Wildman–Crippen MR) is 80.3 cm³/mol. The standard InChI is InChI=1S/C14H21O8P/c1-14(2,3)13(16)21-9-20-12(15)8-10-4-6-11(7-5-10)22-23(17,18)19/h4-7,12,15H,8-9H2,1-3H3,(H2,17,18,19). The number of esters is 1. The molecule has 0 aliphatic rings. The quantitative estimate of drug-likeness (QED) is 0.386. The van der Waals surface area contributed by atoms with Crippen molar-refractivity contribution in [3.05, 3.63) is 29.8 Å². The minimum atomic E-state index is -4.59. The summed E-state index contributed by atoms with van der Waals surface area (Å²) in [5.41, 5.74) is 0.000847. The fourth-order valence-corrected chi connectivity index (χ4v) is 1.86. The summed E-state index contributed by atoms with van der Waals surface area (Å²) in [4.78, 5) is 28.8. The Bertz CT molecular complexity index is 557. The van der Waals surface area contributed by atoms with Crippen LogP contribution in [0.4, 0.5) is 0 Å². The molecule has 1 unspecified atom stereocenters. The minimum Gasteiger partial charge on any atom is -0.438 e. The summed E-state index contributed by atoms with van der Waals surface area (Å²) in [6, 6.07) is 5.78. The molecule has 0 aliphatic carbocycles. The highest BCUT2D eigenvalue weighted by molar-refractivity contribution is 7.46. The number of phosphoric acid groups is 1. The summed E-state index contributed by atoms with van der Waals surface area (Å²) in [6.45, 7) is 4.74. The van der Waals surface area contributed by atoms with Gasteiger partial charge in [0, 0.05) is 6.42 Å². The molecule has 0 bridgehead atoms. The van der Waals surface area contributed by atoms with Crippen molar-refractivity contribution in [2.75, 3.05) is 6.79 Å². The molecule has 130 valence electrons. The van der Waals surface area contributed by atoms with E-state index in [1.54, 1.807) is 20.8 Å². The molecule has 0 heterocycles. The summed E-state index contributed by atoms with van der Waals surface area (Å²) in [5.74, 6) is -0.430. The average Bonchev–Trinajstić information content (AvgIpc) is 2.38. The largest absolute Gasteiger partial charge is 0.524 e. The zero-order valence-corrected chi connectivity index (χ0v) is 14.0. The fraction of sp³-hybridized carbons (Fsp3) is 0.500. The second-order valence-corrected chi connectivity index (χ2v) is 7.01. The van der Waals surface area contributed by atoms with E-state index in [0.717, 1.165) is 0 Å². The molecule has 0 aliphatic heterocycles. The Morgan fingerprint density at radius 2 is 1.78 bits per heavy atom. The maximum absolute atomic E-state index is 11.5. The van der Waals surface area contributed by atoms with E-state index >= 15 is 0 Å². The van der Waals surface area contributed by atoms with Crippen LogP contribution in [-0.2, 0) is 25.3 Å². The van der Waals surface area contributed by atoms with Crippen LogP contribution in [0.15, 0.2) is 24.3 Å². The lowest BCUT2D eigenvalue weighted by atomic mass is 9.98. The molecule has 0 saturated heterocycles. The summed E-state index contributed by atoms with van der Waals surface area (Å²) >= 11 is 0.